The summed E-state index contributed by atoms with van der Waals surface area (Å²) in [6, 6.07) is 23.0. The van der Waals surface area contributed by atoms with Crippen molar-refractivity contribution in [1.82, 2.24) is 9.78 Å². The maximum absolute atomic E-state index is 13.5. The summed E-state index contributed by atoms with van der Waals surface area (Å²) >= 11 is 3.39. The van der Waals surface area contributed by atoms with Crippen LogP contribution in [0, 0.1) is 5.82 Å². The Hall–Kier alpha value is -3.84. The first kappa shape index (κ1) is 20.1. The smallest absolute Gasteiger partial charge is 0.363 e. The van der Waals surface area contributed by atoms with E-state index < -0.39 is 5.97 Å². The molecule has 1 aliphatic rings. The molecule has 0 bridgehead atoms. The number of carbonyl (C=O) groups is 1. The Morgan fingerprint density at radius 3 is 2.31 bits per heavy atom. The summed E-state index contributed by atoms with van der Waals surface area (Å²) in [7, 11) is 0. The summed E-state index contributed by atoms with van der Waals surface area (Å²) in [6.45, 7) is 0. The number of nitrogens with zero attached hydrogens (tertiary/aromatic N) is 3. The van der Waals surface area contributed by atoms with Crippen LogP contribution >= 0.6 is 15.9 Å². The lowest BCUT2D eigenvalue weighted by atomic mass is 10.1. The highest BCUT2D eigenvalue weighted by molar-refractivity contribution is 9.10. The van der Waals surface area contributed by atoms with Gasteiger partial charge in [-0.1, -0.05) is 34.1 Å². The molecule has 0 fully saturated rings. The highest BCUT2D eigenvalue weighted by Gasteiger charge is 2.25. The van der Waals surface area contributed by atoms with Gasteiger partial charge in [0.1, 0.15) is 11.5 Å². The zero-order valence-corrected chi connectivity index (χ0v) is 18.2. The zero-order chi connectivity index (χ0) is 22.1. The van der Waals surface area contributed by atoms with Gasteiger partial charge in [0.15, 0.2) is 5.70 Å². The third kappa shape index (κ3) is 4.02. The van der Waals surface area contributed by atoms with E-state index in [9.17, 15) is 9.18 Å². The van der Waals surface area contributed by atoms with Gasteiger partial charge in [-0.15, -0.1) is 0 Å². The number of carbonyl (C=O) groups excluding carboxylic acids is 1. The predicted molar refractivity (Wildman–Crippen MR) is 124 cm³/mol. The summed E-state index contributed by atoms with van der Waals surface area (Å²) in [4.78, 5) is 16.9. The van der Waals surface area contributed by atoms with Crippen LogP contribution in [0.1, 0.15) is 11.1 Å². The average Bonchev–Trinajstić information content (AvgIpc) is 3.39. The summed E-state index contributed by atoms with van der Waals surface area (Å²) in [5, 5.41) is 4.68. The van der Waals surface area contributed by atoms with Crippen LogP contribution in [0.2, 0.25) is 0 Å². The second-order valence-electron chi connectivity index (χ2n) is 7.06. The van der Waals surface area contributed by atoms with Crippen molar-refractivity contribution in [2.24, 2.45) is 4.99 Å². The van der Waals surface area contributed by atoms with Gasteiger partial charge < -0.3 is 4.74 Å². The lowest BCUT2D eigenvalue weighted by molar-refractivity contribution is -0.129. The van der Waals surface area contributed by atoms with Gasteiger partial charge in [-0.25, -0.2) is 18.9 Å². The molecule has 3 aromatic carbocycles. The zero-order valence-electron chi connectivity index (χ0n) is 16.6. The summed E-state index contributed by atoms with van der Waals surface area (Å²) in [6.07, 6.45) is 3.45. The summed E-state index contributed by atoms with van der Waals surface area (Å²) < 4.78 is 21.5. The number of halogens is 2. The van der Waals surface area contributed by atoms with Gasteiger partial charge in [-0.3, -0.25) is 0 Å². The fourth-order valence-electron chi connectivity index (χ4n) is 3.31. The Bertz CT molecular complexity index is 1360. The van der Waals surface area contributed by atoms with E-state index >= 15 is 0 Å². The number of esters is 1. The molecule has 1 aromatic heterocycles. The normalized spacial score (nSPS) is 14.5. The van der Waals surface area contributed by atoms with Crippen molar-refractivity contribution in [2.45, 2.75) is 0 Å². The first-order valence-electron chi connectivity index (χ1n) is 9.76. The van der Waals surface area contributed by atoms with Crippen LogP contribution in [0.5, 0.6) is 0 Å². The number of cyclic esters (lactones) is 1. The van der Waals surface area contributed by atoms with Gasteiger partial charge in [0.25, 0.3) is 0 Å². The molecule has 0 spiro atoms. The standard InChI is InChI=1S/C25H15BrFN3O2/c26-19-10-6-17(7-11-19)24-28-22(25(31)32-24)14-18-15-30(21-4-2-1-3-5-21)29-23(18)16-8-12-20(27)13-9-16/h1-15H. The lowest BCUT2D eigenvalue weighted by Crippen LogP contribution is -2.05. The Morgan fingerprint density at radius 2 is 1.59 bits per heavy atom. The predicted octanol–water partition coefficient (Wildman–Crippen LogP) is 5.79. The maximum Gasteiger partial charge on any atom is 0.363 e. The second-order valence-corrected chi connectivity index (χ2v) is 7.98. The van der Waals surface area contributed by atoms with E-state index in [1.165, 1.54) is 12.1 Å². The Morgan fingerprint density at radius 1 is 0.906 bits per heavy atom. The molecule has 0 radical (unpaired) electrons. The largest absolute Gasteiger partial charge is 0.402 e. The van der Waals surface area contributed by atoms with E-state index in [1.807, 2.05) is 54.6 Å². The van der Waals surface area contributed by atoms with Crippen LogP contribution in [-0.2, 0) is 9.53 Å². The SMILES string of the molecule is O=C1OC(c2ccc(Br)cc2)=NC1=Cc1cn(-c2ccccc2)nc1-c1ccc(F)cc1. The number of aromatic nitrogens is 2. The first-order chi connectivity index (χ1) is 15.6. The van der Waals surface area contributed by atoms with Crippen molar-refractivity contribution in [2.75, 3.05) is 0 Å². The number of benzene rings is 3. The van der Waals surface area contributed by atoms with Crippen molar-refractivity contribution in [3.63, 3.8) is 0 Å². The monoisotopic (exact) mass is 487 g/mol. The third-order valence-corrected chi connectivity index (χ3v) is 5.41. The molecule has 0 unspecified atom stereocenters. The molecular formula is C25H15BrFN3O2. The number of hydrogen-bond donors (Lipinski definition) is 0. The molecule has 5 nitrogen and oxygen atoms in total. The van der Waals surface area contributed by atoms with Crippen molar-refractivity contribution in [3.8, 4) is 16.9 Å². The Kier molecular flexibility index (Phi) is 5.25. The molecule has 0 saturated heterocycles. The Balaban J connectivity index is 1.59. The summed E-state index contributed by atoms with van der Waals surface area (Å²) in [5.41, 5.74) is 3.70. The maximum atomic E-state index is 13.5. The van der Waals surface area contributed by atoms with Crippen molar-refractivity contribution >= 4 is 33.9 Å². The van der Waals surface area contributed by atoms with Gasteiger partial charge in [0.2, 0.25) is 5.90 Å². The van der Waals surface area contributed by atoms with Crippen LogP contribution in [0.3, 0.4) is 0 Å². The molecule has 7 heteroatoms. The molecule has 0 atom stereocenters. The van der Waals surface area contributed by atoms with E-state index in [0.717, 1.165) is 15.7 Å². The van der Waals surface area contributed by atoms with Gasteiger partial charge in [-0.05, 0) is 66.7 Å². The van der Waals surface area contributed by atoms with Crippen molar-refractivity contribution in [3.05, 3.63) is 112 Å². The number of para-hydroxylation sites is 1. The van der Waals surface area contributed by atoms with Gasteiger partial charge in [0, 0.05) is 27.4 Å². The van der Waals surface area contributed by atoms with Crippen molar-refractivity contribution < 1.29 is 13.9 Å². The minimum atomic E-state index is -0.541. The molecule has 0 saturated carbocycles. The molecule has 4 aromatic rings. The molecule has 0 amide bonds. The van der Waals surface area contributed by atoms with E-state index in [4.69, 9.17) is 4.74 Å². The molecule has 156 valence electrons. The second kappa shape index (κ2) is 8.36. The molecule has 1 aliphatic heterocycles. The van der Waals surface area contributed by atoms with E-state index in [2.05, 4.69) is 26.0 Å². The fourth-order valence-corrected chi connectivity index (χ4v) is 3.57. The third-order valence-electron chi connectivity index (χ3n) is 4.88. The van der Waals surface area contributed by atoms with E-state index in [-0.39, 0.29) is 17.4 Å². The van der Waals surface area contributed by atoms with E-state index in [1.54, 1.807) is 29.1 Å². The van der Waals surface area contributed by atoms with Crippen LogP contribution in [0.4, 0.5) is 4.39 Å². The van der Waals surface area contributed by atoms with Gasteiger partial charge >= 0.3 is 5.97 Å². The fraction of sp³-hybridized carbons (Fsp3) is 0. The summed E-state index contributed by atoms with van der Waals surface area (Å²) in [5.74, 6) is -0.632. The number of hydrogen-bond acceptors (Lipinski definition) is 4. The van der Waals surface area contributed by atoms with Crippen LogP contribution in [0.25, 0.3) is 23.0 Å². The number of aliphatic imine (C=N–C) groups is 1. The number of ether oxygens (including phenoxy) is 1. The average molecular weight is 488 g/mol. The molecule has 5 rings (SSSR count). The van der Waals surface area contributed by atoms with E-state index in [0.29, 0.717) is 16.8 Å². The molecule has 32 heavy (non-hydrogen) atoms. The minimum absolute atomic E-state index is 0.166. The lowest BCUT2D eigenvalue weighted by Gasteiger charge is -2.00. The highest BCUT2D eigenvalue weighted by atomic mass is 79.9. The van der Waals surface area contributed by atoms with Crippen molar-refractivity contribution in [1.29, 1.82) is 0 Å². The highest BCUT2D eigenvalue weighted by Crippen LogP contribution is 2.28. The van der Waals surface area contributed by atoms with Gasteiger partial charge in [0.05, 0.1) is 5.69 Å². The minimum Gasteiger partial charge on any atom is -0.402 e. The molecule has 0 N–H and O–H groups in total. The van der Waals surface area contributed by atoms with Crippen LogP contribution in [0.15, 0.2) is 100 Å². The van der Waals surface area contributed by atoms with Gasteiger partial charge in [-0.2, -0.15) is 5.10 Å². The number of rotatable bonds is 4. The molecular weight excluding hydrogens is 473 g/mol. The van der Waals surface area contributed by atoms with Crippen LogP contribution < -0.4 is 0 Å². The molecule has 0 aliphatic carbocycles. The van der Waals surface area contributed by atoms with Crippen LogP contribution in [-0.4, -0.2) is 21.6 Å². The quantitative estimate of drug-likeness (QED) is 0.270. The first-order valence-corrected chi connectivity index (χ1v) is 10.6. The topological polar surface area (TPSA) is 56.5 Å². The Labute approximate surface area is 191 Å². The molecule has 2 heterocycles.